The third kappa shape index (κ3) is 3.02. The number of hydrogen-bond donors (Lipinski definition) is 2. The first kappa shape index (κ1) is 22.4. The Hall–Kier alpha value is -1.76. The average molecular weight is 431 g/mol. The molecule has 2 saturated carbocycles. The van der Waals surface area contributed by atoms with Crippen LogP contribution in [0.2, 0.25) is 0 Å². The molecular formula is C25H34O6. The quantitative estimate of drug-likeness (QED) is 0.528. The zero-order chi connectivity index (χ0) is 22.9. The number of hydrogen-bond acceptors (Lipinski definition) is 6. The number of carbonyl (C=O) groups is 2. The van der Waals surface area contributed by atoms with Crippen molar-refractivity contribution in [3.05, 3.63) is 35.1 Å². The molecule has 31 heavy (non-hydrogen) atoms. The van der Waals surface area contributed by atoms with E-state index in [2.05, 4.69) is 0 Å². The molecule has 3 fully saturated rings. The second kappa shape index (κ2) is 7.12. The van der Waals surface area contributed by atoms with Gasteiger partial charge in [-0.25, -0.2) is 4.79 Å². The molecule has 6 heteroatoms. The third-order valence-electron chi connectivity index (χ3n) is 8.25. The molecule has 0 unspecified atom stereocenters. The summed E-state index contributed by atoms with van der Waals surface area (Å²) >= 11 is 0. The van der Waals surface area contributed by atoms with E-state index < -0.39 is 34.8 Å². The highest BCUT2D eigenvalue weighted by molar-refractivity contribution is 5.94. The molecule has 8 atom stereocenters. The number of rotatable bonds is 3. The van der Waals surface area contributed by atoms with E-state index >= 15 is 0 Å². The zero-order valence-corrected chi connectivity index (χ0v) is 19.3. The first-order chi connectivity index (χ1) is 14.4. The van der Waals surface area contributed by atoms with Crippen molar-refractivity contribution >= 4 is 11.8 Å². The molecule has 2 aliphatic carbocycles. The summed E-state index contributed by atoms with van der Waals surface area (Å²) in [6.45, 7) is 11.4. The smallest absolute Gasteiger partial charge is 0.336 e. The van der Waals surface area contributed by atoms with E-state index in [0.717, 1.165) is 12.0 Å². The molecule has 170 valence electrons. The summed E-state index contributed by atoms with van der Waals surface area (Å²) in [6, 6.07) is 0. The van der Waals surface area contributed by atoms with Crippen LogP contribution in [0.25, 0.3) is 0 Å². The predicted molar refractivity (Wildman–Crippen MR) is 115 cm³/mol. The van der Waals surface area contributed by atoms with Crippen molar-refractivity contribution in [2.75, 3.05) is 0 Å². The maximum absolute atomic E-state index is 13.9. The molecule has 1 saturated heterocycles. The van der Waals surface area contributed by atoms with Crippen molar-refractivity contribution < 1.29 is 29.3 Å². The fraction of sp³-hybridized carbons (Fsp3) is 0.680. The van der Waals surface area contributed by atoms with E-state index in [1.165, 1.54) is 6.08 Å². The highest BCUT2D eigenvalue weighted by atomic mass is 16.5. The van der Waals surface area contributed by atoms with Gasteiger partial charge in [-0.2, -0.15) is 0 Å². The monoisotopic (exact) mass is 430 g/mol. The minimum atomic E-state index is -1.45. The largest absolute Gasteiger partial charge is 0.423 e. The summed E-state index contributed by atoms with van der Waals surface area (Å²) < 4.78 is 11.7. The average Bonchev–Trinajstić information content (AvgIpc) is 3.23. The van der Waals surface area contributed by atoms with Gasteiger partial charge in [0.2, 0.25) is 0 Å². The molecule has 4 aliphatic rings. The van der Waals surface area contributed by atoms with Crippen LogP contribution in [0, 0.1) is 23.7 Å². The number of cyclic esters (lactones) is 1. The molecular weight excluding hydrogens is 396 g/mol. The van der Waals surface area contributed by atoms with Crippen molar-refractivity contribution in [2.24, 2.45) is 23.7 Å². The second-order valence-electron chi connectivity index (χ2n) is 10.5. The topological polar surface area (TPSA) is 93.1 Å². The van der Waals surface area contributed by atoms with Crippen molar-refractivity contribution in [3.8, 4) is 0 Å². The fourth-order valence-corrected chi connectivity index (χ4v) is 6.56. The van der Waals surface area contributed by atoms with Gasteiger partial charge in [-0.3, -0.25) is 4.79 Å². The lowest BCUT2D eigenvalue weighted by Gasteiger charge is -2.52. The van der Waals surface area contributed by atoms with Crippen LogP contribution in [0.5, 0.6) is 0 Å². The molecule has 0 aromatic carbocycles. The second-order valence-corrected chi connectivity index (χ2v) is 10.5. The van der Waals surface area contributed by atoms with Crippen molar-refractivity contribution in [1.82, 2.24) is 0 Å². The van der Waals surface area contributed by atoms with Gasteiger partial charge in [0, 0.05) is 12.0 Å². The Morgan fingerprint density at radius 2 is 1.90 bits per heavy atom. The summed E-state index contributed by atoms with van der Waals surface area (Å²) in [5.41, 5.74) is -2.22. The maximum atomic E-state index is 13.9. The third-order valence-corrected chi connectivity index (χ3v) is 8.25. The van der Waals surface area contributed by atoms with E-state index in [-0.39, 0.29) is 30.0 Å². The molecule has 0 radical (unpaired) electrons. The fourth-order valence-electron chi connectivity index (χ4n) is 6.56. The van der Waals surface area contributed by atoms with Gasteiger partial charge >= 0.3 is 5.97 Å². The van der Waals surface area contributed by atoms with Gasteiger partial charge < -0.3 is 19.7 Å². The Bertz CT molecular complexity index is 911. The van der Waals surface area contributed by atoms with Crippen LogP contribution in [0.3, 0.4) is 0 Å². The Labute approximate surface area is 184 Å². The van der Waals surface area contributed by atoms with Crippen LogP contribution in [0.1, 0.15) is 60.8 Å². The molecule has 4 rings (SSSR count). The number of ketones is 1. The number of aliphatic hydroxyl groups is 2. The molecule has 0 bridgehead atoms. The van der Waals surface area contributed by atoms with Crippen LogP contribution < -0.4 is 0 Å². The summed E-state index contributed by atoms with van der Waals surface area (Å²) in [7, 11) is 0. The zero-order valence-electron chi connectivity index (χ0n) is 19.3. The predicted octanol–water partition coefficient (Wildman–Crippen LogP) is 3.23. The van der Waals surface area contributed by atoms with Gasteiger partial charge in [0.15, 0.2) is 5.78 Å². The maximum Gasteiger partial charge on any atom is 0.336 e. The normalized spacial score (nSPS) is 47.8. The van der Waals surface area contributed by atoms with Crippen LogP contribution in [-0.2, 0) is 19.1 Å². The van der Waals surface area contributed by atoms with Crippen LogP contribution in [-0.4, -0.2) is 44.9 Å². The highest BCUT2D eigenvalue weighted by Crippen LogP contribution is 2.62. The Kier molecular flexibility index (Phi) is 5.15. The minimum absolute atomic E-state index is 0.164. The van der Waals surface area contributed by atoms with Gasteiger partial charge in [0.25, 0.3) is 0 Å². The Morgan fingerprint density at radius 1 is 1.23 bits per heavy atom. The minimum Gasteiger partial charge on any atom is -0.423 e. The number of esters is 1. The van der Waals surface area contributed by atoms with Gasteiger partial charge in [-0.1, -0.05) is 25.5 Å². The highest BCUT2D eigenvalue weighted by Gasteiger charge is 2.75. The molecule has 2 heterocycles. The standard InChI is InChI=1S/C25H34O6/c1-13(2)11-19-25(29)16(5)17-8-7-15(4)24(17,28)22(27)21(25)23(6,31-19)10-9-18-14(3)12-20(26)30-18/h9,11-12,15-17,19,21,28-29H,7-8,10H2,1-6H3/b18-9-/t15-,16-,17-,19+,21-,23-,24+,25-/m0/s1. The Balaban J connectivity index is 1.80. The van der Waals surface area contributed by atoms with Crippen molar-refractivity contribution in [3.63, 3.8) is 0 Å². The first-order valence-electron chi connectivity index (χ1n) is 11.3. The summed E-state index contributed by atoms with van der Waals surface area (Å²) in [5, 5.41) is 23.7. The first-order valence-corrected chi connectivity index (χ1v) is 11.3. The SMILES string of the molecule is CC(C)=C[C@H]1O[C@@](C)(C/C=C2\OC(=O)C=C2C)[C@@H]2C(=O)[C@@]3(O)[C@@H](C)CC[C@H]3[C@H](C)[C@@]21O. The molecule has 0 amide bonds. The van der Waals surface area contributed by atoms with E-state index in [9.17, 15) is 19.8 Å². The van der Waals surface area contributed by atoms with Crippen molar-refractivity contribution in [2.45, 2.75) is 83.7 Å². The molecule has 6 nitrogen and oxygen atoms in total. The number of ether oxygens (including phenoxy) is 2. The molecule has 2 aliphatic heterocycles. The lowest BCUT2D eigenvalue weighted by Crippen LogP contribution is -2.69. The van der Waals surface area contributed by atoms with Gasteiger partial charge in [0.05, 0.1) is 11.5 Å². The van der Waals surface area contributed by atoms with E-state index in [1.54, 1.807) is 13.0 Å². The van der Waals surface area contributed by atoms with Gasteiger partial charge in [-0.05, 0) is 70.4 Å². The van der Waals surface area contributed by atoms with E-state index in [1.807, 2.05) is 40.7 Å². The summed E-state index contributed by atoms with van der Waals surface area (Å²) in [6.07, 6.45) is 6.15. The number of fused-ring (bicyclic) bond motifs is 2. The molecule has 0 aromatic heterocycles. The lowest BCUT2D eigenvalue weighted by atomic mass is 9.53. The molecule has 0 aromatic rings. The van der Waals surface area contributed by atoms with Gasteiger partial charge in [-0.15, -0.1) is 0 Å². The van der Waals surface area contributed by atoms with Gasteiger partial charge in [0.1, 0.15) is 23.1 Å². The van der Waals surface area contributed by atoms with E-state index in [0.29, 0.717) is 17.8 Å². The van der Waals surface area contributed by atoms with Crippen LogP contribution in [0.15, 0.2) is 35.1 Å². The van der Waals surface area contributed by atoms with E-state index in [4.69, 9.17) is 9.47 Å². The Morgan fingerprint density at radius 3 is 2.48 bits per heavy atom. The number of Topliss-reactive ketones (excluding diaryl/α,β-unsaturated/α-hetero) is 1. The summed E-state index contributed by atoms with van der Waals surface area (Å²) in [5.74, 6) is -1.95. The summed E-state index contributed by atoms with van der Waals surface area (Å²) in [4.78, 5) is 25.5. The lowest BCUT2D eigenvalue weighted by molar-refractivity contribution is -0.193. The van der Waals surface area contributed by atoms with Crippen LogP contribution >= 0.6 is 0 Å². The van der Waals surface area contributed by atoms with Crippen LogP contribution in [0.4, 0.5) is 0 Å². The molecule has 2 N–H and O–H groups in total. The number of allylic oxidation sites excluding steroid dienone is 2. The van der Waals surface area contributed by atoms with Crippen molar-refractivity contribution in [1.29, 1.82) is 0 Å². The number of carbonyl (C=O) groups excluding carboxylic acids is 2. The molecule has 0 spiro atoms.